The van der Waals surface area contributed by atoms with Crippen LogP contribution in [-0.4, -0.2) is 29.5 Å². The number of hydrogen-bond donors (Lipinski definition) is 1. The third-order valence-corrected chi connectivity index (χ3v) is 3.24. The Morgan fingerprint density at radius 3 is 2.94 bits per heavy atom. The maximum atomic E-state index is 5.51. The zero-order valence-corrected chi connectivity index (χ0v) is 9.98. The van der Waals surface area contributed by atoms with Crippen molar-refractivity contribution in [1.29, 1.82) is 0 Å². The first-order chi connectivity index (χ1) is 7.81. The predicted octanol–water partition coefficient (Wildman–Crippen LogP) is 1.21. The van der Waals surface area contributed by atoms with Gasteiger partial charge in [0.1, 0.15) is 0 Å². The van der Waals surface area contributed by atoms with Crippen molar-refractivity contribution in [2.24, 2.45) is 12.8 Å². The standard InChI is InChI=1S/C12H21N3O/c1-15-12(10-4-7-16-8-5-10)9-11(14-15)3-2-6-13/h9-10H,2-8,13H2,1H3. The van der Waals surface area contributed by atoms with E-state index in [0.29, 0.717) is 5.92 Å². The van der Waals surface area contributed by atoms with Gasteiger partial charge in [0, 0.05) is 31.9 Å². The number of nitrogens with zero attached hydrogens (tertiary/aromatic N) is 2. The Balaban J connectivity index is 2.04. The van der Waals surface area contributed by atoms with Gasteiger partial charge in [-0.25, -0.2) is 0 Å². The Bertz CT molecular complexity index is 329. The lowest BCUT2D eigenvalue weighted by atomic mass is 9.96. The average molecular weight is 223 g/mol. The Hall–Kier alpha value is -0.870. The number of aromatic nitrogens is 2. The van der Waals surface area contributed by atoms with Crippen LogP contribution in [0.15, 0.2) is 6.07 Å². The molecule has 1 aromatic heterocycles. The molecule has 1 aliphatic rings. The van der Waals surface area contributed by atoms with E-state index >= 15 is 0 Å². The van der Waals surface area contributed by atoms with E-state index in [0.717, 1.165) is 45.4 Å². The molecule has 0 unspecified atom stereocenters. The van der Waals surface area contributed by atoms with Gasteiger partial charge in [0.2, 0.25) is 0 Å². The Morgan fingerprint density at radius 1 is 1.50 bits per heavy atom. The van der Waals surface area contributed by atoms with Gasteiger partial charge < -0.3 is 10.5 Å². The zero-order valence-electron chi connectivity index (χ0n) is 9.98. The molecule has 16 heavy (non-hydrogen) atoms. The minimum absolute atomic E-state index is 0.623. The Morgan fingerprint density at radius 2 is 2.25 bits per heavy atom. The van der Waals surface area contributed by atoms with E-state index in [1.165, 1.54) is 11.4 Å². The first kappa shape index (κ1) is 11.6. The van der Waals surface area contributed by atoms with E-state index in [4.69, 9.17) is 10.5 Å². The van der Waals surface area contributed by atoms with Crippen LogP contribution in [0.3, 0.4) is 0 Å². The highest BCUT2D eigenvalue weighted by molar-refractivity contribution is 5.15. The van der Waals surface area contributed by atoms with Gasteiger partial charge in [-0.1, -0.05) is 0 Å². The van der Waals surface area contributed by atoms with Gasteiger partial charge in [-0.3, -0.25) is 4.68 Å². The van der Waals surface area contributed by atoms with Gasteiger partial charge >= 0.3 is 0 Å². The van der Waals surface area contributed by atoms with E-state index < -0.39 is 0 Å². The molecule has 4 nitrogen and oxygen atoms in total. The van der Waals surface area contributed by atoms with Gasteiger partial charge in [0.15, 0.2) is 0 Å². The van der Waals surface area contributed by atoms with Gasteiger partial charge in [0.25, 0.3) is 0 Å². The largest absolute Gasteiger partial charge is 0.381 e. The fraction of sp³-hybridized carbons (Fsp3) is 0.750. The predicted molar refractivity (Wildman–Crippen MR) is 63.4 cm³/mol. The third-order valence-electron chi connectivity index (χ3n) is 3.24. The second-order valence-electron chi connectivity index (χ2n) is 4.46. The number of nitrogens with two attached hydrogens (primary N) is 1. The van der Waals surface area contributed by atoms with Crippen molar-refractivity contribution in [3.63, 3.8) is 0 Å². The van der Waals surface area contributed by atoms with Gasteiger partial charge in [-0.15, -0.1) is 0 Å². The summed E-state index contributed by atoms with van der Waals surface area (Å²) in [5.41, 5.74) is 8.05. The summed E-state index contributed by atoms with van der Waals surface area (Å²) in [7, 11) is 2.04. The molecule has 2 N–H and O–H groups in total. The maximum absolute atomic E-state index is 5.51. The molecule has 1 saturated heterocycles. The third kappa shape index (κ3) is 2.62. The van der Waals surface area contributed by atoms with E-state index in [1.807, 2.05) is 11.7 Å². The summed E-state index contributed by atoms with van der Waals surface area (Å²) in [5, 5.41) is 4.54. The van der Waals surface area contributed by atoms with Gasteiger partial charge in [-0.2, -0.15) is 5.10 Å². The highest BCUT2D eigenvalue weighted by Crippen LogP contribution is 2.27. The van der Waals surface area contributed by atoms with Crippen LogP contribution in [0.2, 0.25) is 0 Å². The number of rotatable bonds is 4. The SMILES string of the molecule is Cn1nc(CCCN)cc1C1CCOCC1. The summed E-state index contributed by atoms with van der Waals surface area (Å²) in [4.78, 5) is 0. The van der Waals surface area contributed by atoms with E-state index in [2.05, 4.69) is 11.2 Å². The molecular formula is C12H21N3O. The fourth-order valence-corrected chi connectivity index (χ4v) is 2.32. The molecule has 1 aromatic rings. The maximum Gasteiger partial charge on any atom is 0.0628 e. The van der Waals surface area contributed by atoms with Crippen LogP contribution in [0.5, 0.6) is 0 Å². The smallest absolute Gasteiger partial charge is 0.0628 e. The van der Waals surface area contributed by atoms with Crippen molar-refractivity contribution in [3.05, 3.63) is 17.5 Å². The average Bonchev–Trinajstić information content (AvgIpc) is 2.69. The van der Waals surface area contributed by atoms with Crippen LogP contribution in [0.4, 0.5) is 0 Å². The van der Waals surface area contributed by atoms with E-state index in [9.17, 15) is 0 Å². The summed E-state index contributed by atoms with van der Waals surface area (Å²) < 4.78 is 7.42. The number of aryl methyl sites for hydroxylation is 2. The second kappa shape index (κ2) is 5.46. The molecule has 0 amide bonds. The Kier molecular flexibility index (Phi) is 3.96. The summed E-state index contributed by atoms with van der Waals surface area (Å²) in [5.74, 6) is 0.623. The summed E-state index contributed by atoms with van der Waals surface area (Å²) >= 11 is 0. The molecule has 1 fully saturated rings. The van der Waals surface area contributed by atoms with Crippen molar-refractivity contribution in [2.45, 2.75) is 31.6 Å². The topological polar surface area (TPSA) is 53.1 Å². The first-order valence-corrected chi connectivity index (χ1v) is 6.12. The second-order valence-corrected chi connectivity index (χ2v) is 4.46. The number of ether oxygens (including phenoxy) is 1. The monoisotopic (exact) mass is 223 g/mol. The van der Waals surface area contributed by atoms with Crippen LogP contribution in [-0.2, 0) is 18.2 Å². The minimum atomic E-state index is 0.623. The zero-order chi connectivity index (χ0) is 11.4. The first-order valence-electron chi connectivity index (χ1n) is 6.12. The van der Waals surface area contributed by atoms with Crippen molar-refractivity contribution in [2.75, 3.05) is 19.8 Å². The lowest BCUT2D eigenvalue weighted by molar-refractivity contribution is 0.0837. The van der Waals surface area contributed by atoms with Crippen molar-refractivity contribution in [3.8, 4) is 0 Å². The molecule has 0 saturated carbocycles. The lowest BCUT2D eigenvalue weighted by Gasteiger charge is -2.21. The summed E-state index contributed by atoms with van der Waals surface area (Å²) in [6.07, 6.45) is 4.25. The molecule has 0 aromatic carbocycles. The van der Waals surface area contributed by atoms with Crippen molar-refractivity contribution in [1.82, 2.24) is 9.78 Å². The van der Waals surface area contributed by atoms with Crippen LogP contribution in [0, 0.1) is 0 Å². The normalized spacial score (nSPS) is 17.9. The highest BCUT2D eigenvalue weighted by Gasteiger charge is 2.19. The molecule has 0 radical (unpaired) electrons. The quantitative estimate of drug-likeness (QED) is 0.834. The van der Waals surface area contributed by atoms with E-state index in [1.54, 1.807) is 0 Å². The van der Waals surface area contributed by atoms with Crippen molar-refractivity contribution >= 4 is 0 Å². The van der Waals surface area contributed by atoms with Crippen LogP contribution in [0.1, 0.15) is 36.6 Å². The molecule has 90 valence electrons. The highest BCUT2D eigenvalue weighted by atomic mass is 16.5. The summed E-state index contributed by atoms with van der Waals surface area (Å²) in [6.45, 7) is 2.51. The van der Waals surface area contributed by atoms with Crippen LogP contribution >= 0.6 is 0 Å². The van der Waals surface area contributed by atoms with Crippen LogP contribution in [0.25, 0.3) is 0 Å². The minimum Gasteiger partial charge on any atom is -0.381 e. The fourth-order valence-electron chi connectivity index (χ4n) is 2.32. The molecule has 0 atom stereocenters. The van der Waals surface area contributed by atoms with Crippen molar-refractivity contribution < 1.29 is 4.74 Å². The summed E-state index contributed by atoms with van der Waals surface area (Å²) in [6, 6.07) is 2.24. The lowest BCUT2D eigenvalue weighted by Crippen LogP contribution is -2.16. The molecule has 0 aliphatic carbocycles. The molecule has 1 aliphatic heterocycles. The van der Waals surface area contributed by atoms with E-state index in [-0.39, 0.29) is 0 Å². The molecule has 2 heterocycles. The van der Waals surface area contributed by atoms with Gasteiger partial charge in [0.05, 0.1) is 5.69 Å². The molecule has 2 rings (SSSR count). The van der Waals surface area contributed by atoms with Crippen LogP contribution < -0.4 is 5.73 Å². The molecular weight excluding hydrogens is 202 g/mol. The molecule has 0 bridgehead atoms. The van der Waals surface area contributed by atoms with Gasteiger partial charge in [-0.05, 0) is 38.3 Å². The molecule has 4 heteroatoms. The molecule has 0 spiro atoms. The number of hydrogen-bond acceptors (Lipinski definition) is 3. The Labute approximate surface area is 96.8 Å².